The highest BCUT2D eigenvalue weighted by molar-refractivity contribution is 7.76. The number of nitrogens with one attached hydrogen (secondary N) is 1. The van der Waals surface area contributed by atoms with Crippen molar-refractivity contribution in [2.24, 2.45) is 0 Å². The van der Waals surface area contributed by atoms with E-state index in [1.165, 1.54) is 0 Å². The van der Waals surface area contributed by atoms with E-state index in [1.807, 2.05) is 0 Å². The molecule has 0 aromatic heterocycles. The van der Waals surface area contributed by atoms with E-state index in [2.05, 4.69) is 4.84 Å². The van der Waals surface area contributed by atoms with Gasteiger partial charge in [0.05, 0.1) is 11.3 Å². The highest BCUT2D eigenvalue weighted by Crippen LogP contribution is 2.15. The minimum atomic E-state index is -5.20. The number of hydrogen-bond donors (Lipinski definition) is 1. The molecule has 1 atom stereocenters. The van der Waals surface area contributed by atoms with Gasteiger partial charge in [0.1, 0.15) is 0 Å². The summed E-state index contributed by atoms with van der Waals surface area (Å²) in [5.74, 6) is -2.62. The van der Waals surface area contributed by atoms with E-state index < -0.39 is 23.4 Å². The van der Waals surface area contributed by atoms with Gasteiger partial charge in [0.25, 0.3) is 0 Å². The molecule has 5 nitrogen and oxygen atoms in total. The molecule has 0 aliphatic rings. The Morgan fingerprint density at radius 1 is 1.55 bits per heavy atom. The van der Waals surface area contributed by atoms with E-state index in [9.17, 15) is 26.7 Å². The van der Waals surface area contributed by atoms with Crippen LogP contribution in [-0.4, -0.2) is 20.9 Å². The lowest BCUT2D eigenvalue weighted by Crippen LogP contribution is -2.32. The summed E-state index contributed by atoms with van der Waals surface area (Å²) < 4.78 is 52.5. The van der Waals surface area contributed by atoms with Gasteiger partial charge in [-0.25, -0.2) is 4.79 Å². The van der Waals surface area contributed by atoms with E-state index >= 15 is 0 Å². The molecule has 66 valence electrons. The molecule has 0 rings (SSSR count). The number of carbonyl (C=O) groups excluding carboxylic acids is 1. The molecular formula is C2HF3NO4S-. The first-order valence-corrected chi connectivity index (χ1v) is 3.04. The first-order valence-electron chi connectivity index (χ1n) is 1.97. The summed E-state index contributed by atoms with van der Waals surface area (Å²) in [6.07, 6.45) is -5.20. The molecule has 0 aromatic carbocycles. The van der Waals surface area contributed by atoms with Gasteiger partial charge in [-0.2, -0.15) is 13.2 Å². The summed E-state index contributed by atoms with van der Waals surface area (Å²) in [5.41, 5.74) is 0. The van der Waals surface area contributed by atoms with Crippen LogP contribution in [0.1, 0.15) is 0 Å². The minimum Gasteiger partial charge on any atom is -0.758 e. The van der Waals surface area contributed by atoms with Crippen LogP contribution in [0, 0.1) is 0 Å². The predicted molar refractivity (Wildman–Crippen MR) is 24.2 cm³/mol. The highest BCUT2D eigenvalue weighted by Gasteiger charge is 2.41. The van der Waals surface area contributed by atoms with Crippen LogP contribution < -0.4 is 4.89 Å². The van der Waals surface area contributed by atoms with Gasteiger partial charge in [0.2, 0.25) is 0 Å². The van der Waals surface area contributed by atoms with Crippen molar-refractivity contribution in [2.75, 3.05) is 0 Å². The van der Waals surface area contributed by atoms with Crippen molar-refractivity contribution in [1.29, 1.82) is 0 Å². The second-order valence-electron chi connectivity index (χ2n) is 1.21. The second-order valence-corrected chi connectivity index (χ2v) is 1.84. The van der Waals surface area contributed by atoms with Gasteiger partial charge < -0.3 is 9.39 Å². The first kappa shape index (κ1) is 10.3. The normalized spacial score (nSPS) is 14.2. The van der Waals surface area contributed by atoms with Gasteiger partial charge in [-0.15, -0.1) is 0 Å². The number of rotatable bonds is 2. The summed E-state index contributed by atoms with van der Waals surface area (Å²) in [4.78, 5) is 13.5. The van der Waals surface area contributed by atoms with E-state index in [1.54, 1.807) is 0 Å². The third kappa shape index (κ3) is 4.70. The molecule has 0 fully saturated rings. The Kier molecular flexibility index (Phi) is 3.42. The smallest absolute Gasteiger partial charge is 0.492 e. The van der Waals surface area contributed by atoms with Crippen LogP contribution in [0.2, 0.25) is 0 Å². The van der Waals surface area contributed by atoms with Crippen LogP contribution in [0.15, 0.2) is 0 Å². The maximum Gasteiger partial charge on any atom is 0.492 e. The molecule has 0 radical (unpaired) electrons. The number of halogens is 3. The Labute approximate surface area is 60.9 Å². The lowest BCUT2D eigenvalue weighted by atomic mass is 10.7. The Bertz CT molecular complexity index is 179. The van der Waals surface area contributed by atoms with Gasteiger partial charge in [-0.05, 0) is 0 Å². The molecule has 1 N–H and O–H groups in total. The van der Waals surface area contributed by atoms with E-state index in [4.69, 9.17) is 0 Å². The molecule has 0 amide bonds. The van der Waals surface area contributed by atoms with Crippen LogP contribution in [0.25, 0.3) is 0 Å². The quantitative estimate of drug-likeness (QED) is 0.467. The van der Waals surface area contributed by atoms with Gasteiger partial charge in [-0.1, -0.05) is 4.89 Å². The molecule has 0 bridgehead atoms. The van der Waals surface area contributed by atoms with E-state index in [0.717, 1.165) is 4.89 Å². The van der Waals surface area contributed by atoms with Crippen molar-refractivity contribution < 1.29 is 31.6 Å². The fraction of sp³-hybridized carbons (Fsp3) is 0.500. The van der Waals surface area contributed by atoms with Crippen molar-refractivity contribution in [2.45, 2.75) is 6.18 Å². The topological polar surface area (TPSA) is 78.5 Å². The maximum absolute atomic E-state index is 11.2. The van der Waals surface area contributed by atoms with Gasteiger partial charge in [0, 0.05) is 0 Å². The average Bonchev–Trinajstić information content (AvgIpc) is 1.80. The lowest BCUT2D eigenvalue weighted by molar-refractivity contribution is -0.203. The van der Waals surface area contributed by atoms with Gasteiger partial charge in [0.15, 0.2) is 0 Å². The molecular weight excluding hydrogens is 191 g/mol. The molecule has 0 heterocycles. The van der Waals surface area contributed by atoms with Crippen molar-refractivity contribution >= 4 is 17.2 Å². The number of carbonyl (C=O) groups is 1. The average molecular weight is 192 g/mol. The van der Waals surface area contributed by atoms with Gasteiger partial charge in [-0.3, -0.25) is 4.21 Å². The standard InChI is InChI=1S/C2H2F3NO4S/c3-2(4,5)1(7)10-6-11(8)9/h6H,(H,8,9)/p-1. The third-order valence-electron chi connectivity index (χ3n) is 0.434. The summed E-state index contributed by atoms with van der Waals surface area (Å²) in [7, 11) is 0. The number of alkyl halides is 3. The Hall–Kier alpha value is -0.670. The van der Waals surface area contributed by atoms with Crippen LogP contribution in [0.3, 0.4) is 0 Å². The Morgan fingerprint density at radius 3 is 2.27 bits per heavy atom. The number of hydrogen-bond acceptors (Lipinski definition) is 4. The second kappa shape index (κ2) is 3.64. The van der Waals surface area contributed by atoms with Gasteiger partial charge >= 0.3 is 12.1 Å². The fourth-order valence-corrected chi connectivity index (χ4v) is 0.273. The zero-order valence-electron chi connectivity index (χ0n) is 4.68. The SMILES string of the molecule is O=C(ONS(=O)[O-])C(F)(F)F. The largest absolute Gasteiger partial charge is 0.758 e. The van der Waals surface area contributed by atoms with E-state index in [-0.39, 0.29) is 0 Å². The summed E-state index contributed by atoms with van der Waals surface area (Å²) in [5, 5.41) is 0. The molecule has 0 saturated heterocycles. The summed E-state index contributed by atoms with van der Waals surface area (Å²) in [6.45, 7) is 0. The van der Waals surface area contributed by atoms with Crippen LogP contribution >= 0.6 is 0 Å². The third-order valence-corrected chi connectivity index (χ3v) is 0.653. The zero-order chi connectivity index (χ0) is 9.07. The van der Waals surface area contributed by atoms with Crippen LogP contribution in [0.5, 0.6) is 0 Å². The molecule has 11 heavy (non-hydrogen) atoms. The highest BCUT2D eigenvalue weighted by atomic mass is 32.2. The van der Waals surface area contributed by atoms with E-state index in [0.29, 0.717) is 0 Å². The summed E-state index contributed by atoms with van der Waals surface area (Å²) in [6, 6.07) is 0. The molecule has 0 aromatic rings. The monoisotopic (exact) mass is 192 g/mol. The fourth-order valence-electron chi connectivity index (χ4n) is 0.130. The predicted octanol–water partition coefficient (Wildman–Crippen LogP) is -0.609. The lowest BCUT2D eigenvalue weighted by Gasteiger charge is -2.08. The van der Waals surface area contributed by atoms with Crippen molar-refractivity contribution in [3.63, 3.8) is 0 Å². The molecule has 0 saturated carbocycles. The molecule has 0 spiro atoms. The summed E-state index contributed by atoms with van der Waals surface area (Å²) >= 11 is -3.06. The molecule has 1 unspecified atom stereocenters. The molecule has 0 aliphatic carbocycles. The van der Waals surface area contributed by atoms with Crippen LogP contribution in [-0.2, 0) is 20.9 Å². The van der Waals surface area contributed by atoms with Crippen LogP contribution in [0.4, 0.5) is 13.2 Å². The molecule has 0 aliphatic heterocycles. The van der Waals surface area contributed by atoms with Crippen molar-refractivity contribution in [1.82, 2.24) is 4.89 Å². The Balaban J connectivity index is 3.80. The first-order chi connectivity index (χ1) is 4.84. The zero-order valence-corrected chi connectivity index (χ0v) is 5.49. The minimum absolute atomic E-state index is 0.799. The van der Waals surface area contributed by atoms with Crippen molar-refractivity contribution in [3.05, 3.63) is 0 Å². The molecule has 9 heteroatoms. The maximum atomic E-state index is 11.2. The Morgan fingerprint density at radius 2 is 2.00 bits per heavy atom. The van der Waals surface area contributed by atoms with Crippen molar-refractivity contribution in [3.8, 4) is 0 Å².